The van der Waals surface area contributed by atoms with Crippen LogP contribution in [-0.4, -0.2) is 22.1 Å². The van der Waals surface area contributed by atoms with Gasteiger partial charge in [-0.05, 0) is 41.2 Å². The first-order chi connectivity index (χ1) is 13.2. The van der Waals surface area contributed by atoms with Gasteiger partial charge in [-0.2, -0.15) is 0 Å². The van der Waals surface area contributed by atoms with Crippen LogP contribution in [0.2, 0.25) is 0 Å². The highest BCUT2D eigenvalue weighted by molar-refractivity contribution is 9.10. The first-order valence-electron chi connectivity index (χ1n) is 8.90. The number of para-hydroxylation sites is 1. The van der Waals surface area contributed by atoms with Crippen molar-refractivity contribution in [2.24, 2.45) is 0 Å². The number of aryl methyl sites for hydroxylation is 1. The molecule has 4 rings (SSSR count). The molecule has 0 N–H and O–H groups in total. The molecule has 138 valence electrons. The van der Waals surface area contributed by atoms with Gasteiger partial charge in [0.15, 0.2) is 0 Å². The Kier molecular flexibility index (Phi) is 5.09. The summed E-state index contributed by atoms with van der Waals surface area (Å²) in [6, 6.07) is 16.0. The van der Waals surface area contributed by atoms with Crippen molar-refractivity contribution in [3.63, 3.8) is 0 Å². The lowest BCUT2D eigenvalue weighted by atomic mass is 10.1. The van der Waals surface area contributed by atoms with Gasteiger partial charge in [0.1, 0.15) is 11.3 Å². The Balaban J connectivity index is 1.52. The number of benzene rings is 2. The molecule has 6 heteroatoms. The lowest BCUT2D eigenvalue weighted by Crippen LogP contribution is -2.18. The van der Waals surface area contributed by atoms with Gasteiger partial charge in [0.25, 0.3) is 0 Å². The molecule has 0 bridgehead atoms. The zero-order valence-electron chi connectivity index (χ0n) is 15.3. The van der Waals surface area contributed by atoms with Gasteiger partial charge < -0.3 is 8.83 Å². The number of aromatic nitrogens is 2. The number of hydrogen-bond acceptors (Lipinski definition) is 5. The van der Waals surface area contributed by atoms with Crippen molar-refractivity contribution in [1.29, 1.82) is 0 Å². The molecule has 0 saturated heterocycles. The molecule has 0 saturated carbocycles. The minimum absolute atomic E-state index is 0.522. The summed E-state index contributed by atoms with van der Waals surface area (Å²) in [5.74, 6) is 2.14. The second-order valence-electron chi connectivity index (χ2n) is 6.51. The summed E-state index contributed by atoms with van der Waals surface area (Å²) < 4.78 is 12.8. The van der Waals surface area contributed by atoms with E-state index in [9.17, 15) is 0 Å². The van der Waals surface area contributed by atoms with E-state index in [0.29, 0.717) is 18.3 Å². The predicted octanol–water partition coefficient (Wildman–Crippen LogP) is 5.44. The number of furan rings is 1. The summed E-state index contributed by atoms with van der Waals surface area (Å²) in [5.41, 5.74) is 3.06. The molecular formula is C21H20BrN3O2. The number of hydrogen-bond donors (Lipinski definition) is 0. The summed E-state index contributed by atoms with van der Waals surface area (Å²) in [7, 11) is 2.05. The van der Waals surface area contributed by atoms with Crippen LogP contribution in [0.15, 0.2) is 61.8 Å². The van der Waals surface area contributed by atoms with Gasteiger partial charge in [-0.1, -0.05) is 37.3 Å². The molecule has 0 radical (unpaired) electrons. The molecular weight excluding hydrogens is 406 g/mol. The van der Waals surface area contributed by atoms with E-state index in [4.69, 9.17) is 8.83 Å². The molecule has 0 unspecified atom stereocenters. The van der Waals surface area contributed by atoms with Crippen molar-refractivity contribution >= 4 is 26.9 Å². The van der Waals surface area contributed by atoms with E-state index in [1.165, 1.54) is 10.9 Å². The maximum Gasteiger partial charge on any atom is 0.248 e. The summed E-state index contributed by atoms with van der Waals surface area (Å²) >= 11 is 3.52. The van der Waals surface area contributed by atoms with Gasteiger partial charge in [0, 0.05) is 28.4 Å². The maximum absolute atomic E-state index is 5.99. The zero-order chi connectivity index (χ0) is 18.8. The molecule has 5 nitrogen and oxygen atoms in total. The van der Waals surface area contributed by atoms with Crippen LogP contribution in [0.3, 0.4) is 0 Å². The minimum atomic E-state index is 0.522. The van der Waals surface area contributed by atoms with Crippen LogP contribution in [0.4, 0.5) is 0 Å². The molecule has 2 aromatic heterocycles. The fourth-order valence-electron chi connectivity index (χ4n) is 3.23. The summed E-state index contributed by atoms with van der Waals surface area (Å²) in [4.78, 5) is 2.16. The molecule has 0 aliphatic rings. The third-order valence-electron chi connectivity index (χ3n) is 4.51. The monoisotopic (exact) mass is 425 g/mol. The minimum Gasteiger partial charge on any atom is -0.461 e. The number of rotatable bonds is 6. The van der Waals surface area contributed by atoms with Gasteiger partial charge in [-0.15, -0.1) is 10.2 Å². The Morgan fingerprint density at radius 3 is 2.56 bits per heavy atom. The highest BCUT2D eigenvalue weighted by Gasteiger charge is 2.17. The molecule has 0 spiro atoms. The molecule has 2 heterocycles. The van der Waals surface area contributed by atoms with E-state index in [0.717, 1.165) is 34.3 Å². The topological polar surface area (TPSA) is 55.3 Å². The third kappa shape index (κ3) is 3.68. The maximum atomic E-state index is 5.99. The number of halogens is 1. The highest BCUT2D eigenvalue weighted by Crippen LogP contribution is 2.29. The van der Waals surface area contributed by atoms with Crippen LogP contribution >= 0.6 is 15.9 Å². The molecule has 4 aromatic rings. The molecule has 0 fully saturated rings. The first kappa shape index (κ1) is 17.9. The number of nitrogens with zero attached hydrogens (tertiary/aromatic N) is 3. The Hall–Kier alpha value is -2.44. The van der Waals surface area contributed by atoms with Crippen molar-refractivity contribution in [1.82, 2.24) is 15.1 Å². The quantitative estimate of drug-likeness (QED) is 0.411. The van der Waals surface area contributed by atoms with Crippen LogP contribution in [0.5, 0.6) is 0 Å². The van der Waals surface area contributed by atoms with E-state index in [-0.39, 0.29) is 0 Å². The SMILES string of the molecule is CCc1oc2ccccc2c1CN(C)Cc1nnc(-c2ccccc2Br)o1. The van der Waals surface area contributed by atoms with E-state index >= 15 is 0 Å². The highest BCUT2D eigenvalue weighted by atomic mass is 79.9. The van der Waals surface area contributed by atoms with Gasteiger partial charge >= 0.3 is 0 Å². The fraction of sp³-hybridized carbons (Fsp3) is 0.238. The molecule has 27 heavy (non-hydrogen) atoms. The smallest absolute Gasteiger partial charge is 0.248 e. The summed E-state index contributed by atoms with van der Waals surface area (Å²) in [6.45, 7) is 3.44. The lowest BCUT2D eigenvalue weighted by Gasteiger charge is -2.14. The largest absolute Gasteiger partial charge is 0.461 e. The second-order valence-corrected chi connectivity index (χ2v) is 7.36. The molecule has 0 atom stereocenters. The van der Waals surface area contributed by atoms with Crippen molar-refractivity contribution in [2.45, 2.75) is 26.4 Å². The predicted molar refractivity (Wildman–Crippen MR) is 108 cm³/mol. The standard InChI is InChI=1S/C21H20BrN3O2/c1-3-18-16(14-8-5-7-11-19(14)26-18)12-25(2)13-20-23-24-21(27-20)15-9-4-6-10-17(15)22/h4-11H,3,12-13H2,1-2H3. The van der Waals surface area contributed by atoms with Crippen LogP contribution in [-0.2, 0) is 19.5 Å². The third-order valence-corrected chi connectivity index (χ3v) is 5.20. The van der Waals surface area contributed by atoms with Crippen molar-refractivity contribution in [2.75, 3.05) is 7.05 Å². The van der Waals surface area contributed by atoms with E-state index in [1.807, 2.05) is 49.5 Å². The average Bonchev–Trinajstić information content (AvgIpc) is 3.27. The molecule has 0 amide bonds. The first-order valence-corrected chi connectivity index (χ1v) is 9.70. The van der Waals surface area contributed by atoms with Gasteiger partial charge in [0.05, 0.1) is 12.1 Å². The number of fused-ring (bicyclic) bond motifs is 1. The van der Waals surface area contributed by atoms with Crippen molar-refractivity contribution < 1.29 is 8.83 Å². The Labute approximate surface area is 166 Å². The van der Waals surface area contributed by atoms with Gasteiger partial charge in [-0.25, -0.2) is 0 Å². The van der Waals surface area contributed by atoms with Crippen molar-refractivity contribution in [3.8, 4) is 11.5 Å². The van der Waals surface area contributed by atoms with Crippen LogP contribution in [0.25, 0.3) is 22.4 Å². The average molecular weight is 426 g/mol. The molecule has 0 aliphatic carbocycles. The van der Waals surface area contributed by atoms with E-state index in [1.54, 1.807) is 0 Å². The van der Waals surface area contributed by atoms with Crippen LogP contribution < -0.4 is 0 Å². The van der Waals surface area contributed by atoms with Gasteiger partial charge in [0.2, 0.25) is 11.8 Å². The molecule has 0 aliphatic heterocycles. The fourth-order valence-corrected chi connectivity index (χ4v) is 3.68. The van der Waals surface area contributed by atoms with Crippen molar-refractivity contribution in [3.05, 3.63) is 70.2 Å². The molecule has 2 aromatic carbocycles. The second kappa shape index (κ2) is 7.66. The summed E-state index contributed by atoms with van der Waals surface area (Å²) in [6.07, 6.45) is 0.866. The normalized spacial score (nSPS) is 11.6. The summed E-state index contributed by atoms with van der Waals surface area (Å²) in [5, 5.41) is 9.56. The van der Waals surface area contributed by atoms with Crippen LogP contribution in [0, 0.1) is 0 Å². The Morgan fingerprint density at radius 1 is 0.963 bits per heavy atom. The lowest BCUT2D eigenvalue weighted by molar-refractivity contribution is 0.281. The Bertz CT molecular complexity index is 1070. The van der Waals surface area contributed by atoms with E-state index in [2.05, 4.69) is 44.0 Å². The van der Waals surface area contributed by atoms with Gasteiger partial charge in [-0.3, -0.25) is 4.90 Å². The van der Waals surface area contributed by atoms with E-state index < -0.39 is 0 Å². The van der Waals surface area contributed by atoms with Crippen LogP contribution in [0.1, 0.15) is 24.1 Å². The zero-order valence-corrected chi connectivity index (χ0v) is 16.9. The Morgan fingerprint density at radius 2 is 1.74 bits per heavy atom.